The number of rotatable bonds is 5. The fourth-order valence-corrected chi connectivity index (χ4v) is 1.43. The standard InChI is InChI=1S/C12H14N4O2/c13-4-1-5-15-12(17)10-8-11(18-16-10)9-2-6-14-7-3-9/h2-3,6-8H,1,4-5,13H2,(H,15,17). The highest BCUT2D eigenvalue weighted by Gasteiger charge is 2.12. The van der Waals surface area contributed by atoms with Crippen LogP contribution in [-0.2, 0) is 0 Å². The van der Waals surface area contributed by atoms with Gasteiger partial charge in [0, 0.05) is 30.6 Å². The van der Waals surface area contributed by atoms with Crippen LogP contribution in [0, 0.1) is 0 Å². The van der Waals surface area contributed by atoms with E-state index in [1.807, 2.05) is 0 Å². The number of nitrogens with zero attached hydrogens (tertiary/aromatic N) is 2. The minimum absolute atomic E-state index is 0.257. The van der Waals surface area contributed by atoms with Gasteiger partial charge in [-0.05, 0) is 25.1 Å². The number of amides is 1. The summed E-state index contributed by atoms with van der Waals surface area (Å²) in [5, 5.41) is 6.44. The molecular weight excluding hydrogens is 232 g/mol. The number of nitrogens with two attached hydrogens (primary N) is 1. The first kappa shape index (κ1) is 12.3. The van der Waals surface area contributed by atoms with Crippen molar-refractivity contribution in [3.8, 4) is 11.3 Å². The van der Waals surface area contributed by atoms with E-state index in [1.165, 1.54) is 0 Å². The van der Waals surface area contributed by atoms with E-state index in [9.17, 15) is 4.79 Å². The van der Waals surface area contributed by atoms with Gasteiger partial charge in [0.25, 0.3) is 5.91 Å². The predicted octanol–water partition coefficient (Wildman–Crippen LogP) is 0.815. The summed E-state index contributed by atoms with van der Waals surface area (Å²) in [4.78, 5) is 15.6. The highest BCUT2D eigenvalue weighted by Crippen LogP contribution is 2.18. The van der Waals surface area contributed by atoms with Gasteiger partial charge in [0.05, 0.1) is 0 Å². The summed E-state index contributed by atoms with van der Waals surface area (Å²) in [6, 6.07) is 5.18. The van der Waals surface area contributed by atoms with Crippen LogP contribution in [0.1, 0.15) is 16.9 Å². The van der Waals surface area contributed by atoms with Crippen molar-refractivity contribution in [1.82, 2.24) is 15.5 Å². The van der Waals surface area contributed by atoms with Crippen molar-refractivity contribution in [1.29, 1.82) is 0 Å². The summed E-state index contributed by atoms with van der Waals surface area (Å²) in [6.07, 6.45) is 4.04. The van der Waals surface area contributed by atoms with E-state index >= 15 is 0 Å². The van der Waals surface area contributed by atoms with Crippen LogP contribution in [0.15, 0.2) is 35.1 Å². The van der Waals surface area contributed by atoms with Crippen LogP contribution in [-0.4, -0.2) is 29.1 Å². The van der Waals surface area contributed by atoms with Gasteiger partial charge in [-0.15, -0.1) is 0 Å². The van der Waals surface area contributed by atoms with Gasteiger partial charge in [-0.25, -0.2) is 0 Å². The molecule has 0 unspecified atom stereocenters. The van der Waals surface area contributed by atoms with Gasteiger partial charge in [0.1, 0.15) is 0 Å². The highest BCUT2D eigenvalue weighted by atomic mass is 16.5. The van der Waals surface area contributed by atoms with E-state index < -0.39 is 0 Å². The Labute approximate surface area is 104 Å². The van der Waals surface area contributed by atoms with Gasteiger partial charge >= 0.3 is 0 Å². The third-order valence-corrected chi connectivity index (χ3v) is 2.37. The Morgan fingerprint density at radius 2 is 2.17 bits per heavy atom. The van der Waals surface area contributed by atoms with Gasteiger partial charge in [-0.2, -0.15) is 0 Å². The summed E-state index contributed by atoms with van der Waals surface area (Å²) in [5.74, 6) is 0.286. The first-order valence-corrected chi connectivity index (χ1v) is 5.66. The zero-order valence-corrected chi connectivity index (χ0v) is 9.80. The predicted molar refractivity (Wildman–Crippen MR) is 65.7 cm³/mol. The van der Waals surface area contributed by atoms with E-state index in [4.69, 9.17) is 10.3 Å². The smallest absolute Gasteiger partial charge is 0.273 e. The molecule has 0 radical (unpaired) electrons. The summed E-state index contributed by atoms with van der Waals surface area (Å²) in [6.45, 7) is 1.08. The summed E-state index contributed by atoms with van der Waals surface area (Å²) < 4.78 is 5.11. The maximum Gasteiger partial charge on any atom is 0.273 e. The average molecular weight is 246 g/mol. The molecule has 0 aliphatic heterocycles. The van der Waals surface area contributed by atoms with Crippen LogP contribution in [0.5, 0.6) is 0 Å². The normalized spacial score (nSPS) is 10.3. The van der Waals surface area contributed by atoms with Gasteiger partial charge in [-0.3, -0.25) is 9.78 Å². The Kier molecular flexibility index (Phi) is 4.03. The lowest BCUT2D eigenvalue weighted by molar-refractivity contribution is 0.0944. The number of carbonyl (C=O) groups excluding carboxylic acids is 1. The molecule has 6 nitrogen and oxygen atoms in total. The van der Waals surface area contributed by atoms with E-state index in [-0.39, 0.29) is 11.6 Å². The second kappa shape index (κ2) is 5.92. The first-order chi connectivity index (χ1) is 8.81. The molecule has 0 aliphatic carbocycles. The van der Waals surface area contributed by atoms with Crippen LogP contribution in [0.2, 0.25) is 0 Å². The largest absolute Gasteiger partial charge is 0.355 e. The lowest BCUT2D eigenvalue weighted by atomic mass is 10.2. The molecule has 0 spiro atoms. The van der Waals surface area contributed by atoms with Crippen molar-refractivity contribution in [3.63, 3.8) is 0 Å². The molecule has 0 fully saturated rings. The van der Waals surface area contributed by atoms with E-state index in [0.29, 0.717) is 18.8 Å². The minimum atomic E-state index is -0.257. The molecular formula is C12H14N4O2. The molecule has 0 bridgehead atoms. The van der Waals surface area contributed by atoms with Gasteiger partial charge in [0.15, 0.2) is 11.5 Å². The zero-order chi connectivity index (χ0) is 12.8. The van der Waals surface area contributed by atoms with E-state index in [0.717, 1.165) is 12.0 Å². The van der Waals surface area contributed by atoms with E-state index in [2.05, 4.69) is 15.5 Å². The van der Waals surface area contributed by atoms with Crippen molar-refractivity contribution in [3.05, 3.63) is 36.3 Å². The Morgan fingerprint density at radius 1 is 1.39 bits per heavy atom. The Morgan fingerprint density at radius 3 is 2.89 bits per heavy atom. The van der Waals surface area contributed by atoms with Crippen LogP contribution in [0.4, 0.5) is 0 Å². The Bertz CT molecular complexity index is 510. The number of nitrogens with one attached hydrogen (secondary N) is 1. The molecule has 2 aromatic heterocycles. The quantitative estimate of drug-likeness (QED) is 0.761. The SMILES string of the molecule is NCCCNC(=O)c1cc(-c2ccncc2)on1. The Hall–Kier alpha value is -2.21. The molecule has 0 aromatic carbocycles. The molecule has 0 aliphatic rings. The summed E-state index contributed by atoms with van der Waals surface area (Å²) in [7, 11) is 0. The van der Waals surface area contributed by atoms with Gasteiger partial charge in [-0.1, -0.05) is 5.16 Å². The lowest BCUT2D eigenvalue weighted by Gasteiger charge is -1.99. The number of hydrogen-bond donors (Lipinski definition) is 2. The number of carbonyl (C=O) groups is 1. The average Bonchev–Trinajstić information content (AvgIpc) is 2.89. The molecule has 1 amide bonds. The summed E-state index contributed by atoms with van der Waals surface area (Å²) >= 11 is 0. The van der Waals surface area contributed by atoms with Crippen molar-refractivity contribution in [2.45, 2.75) is 6.42 Å². The molecule has 18 heavy (non-hydrogen) atoms. The van der Waals surface area contributed by atoms with Crippen LogP contribution >= 0.6 is 0 Å². The maximum atomic E-state index is 11.7. The molecule has 6 heteroatoms. The number of hydrogen-bond acceptors (Lipinski definition) is 5. The number of aromatic nitrogens is 2. The minimum Gasteiger partial charge on any atom is -0.355 e. The fourth-order valence-electron chi connectivity index (χ4n) is 1.43. The maximum absolute atomic E-state index is 11.7. The molecule has 2 aromatic rings. The molecule has 94 valence electrons. The first-order valence-electron chi connectivity index (χ1n) is 5.66. The number of pyridine rings is 1. The monoisotopic (exact) mass is 246 g/mol. The second-order valence-corrected chi connectivity index (χ2v) is 3.71. The fraction of sp³-hybridized carbons (Fsp3) is 0.250. The van der Waals surface area contributed by atoms with Crippen LogP contribution in [0.25, 0.3) is 11.3 Å². The highest BCUT2D eigenvalue weighted by molar-refractivity contribution is 5.93. The van der Waals surface area contributed by atoms with Gasteiger partial charge in [0.2, 0.25) is 0 Å². The lowest BCUT2D eigenvalue weighted by Crippen LogP contribution is -2.26. The Balaban J connectivity index is 2.04. The molecule has 2 heterocycles. The molecule has 0 saturated heterocycles. The second-order valence-electron chi connectivity index (χ2n) is 3.71. The topological polar surface area (TPSA) is 94.0 Å². The third-order valence-electron chi connectivity index (χ3n) is 2.37. The molecule has 0 saturated carbocycles. The molecule has 3 N–H and O–H groups in total. The van der Waals surface area contributed by atoms with Gasteiger partial charge < -0.3 is 15.6 Å². The van der Waals surface area contributed by atoms with E-state index in [1.54, 1.807) is 30.6 Å². The van der Waals surface area contributed by atoms with Crippen LogP contribution < -0.4 is 11.1 Å². The van der Waals surface area contributed by atoms with Crippen molar-refractivity contribution in [2.24, 2.45) is 5.73 Å². The van der Waals surface area contributed by atoms with Crippen molar-refractivity contribution < 1.29 is 9.32 Å². The molecule has 0 atom stereocenters. The van der Waals surface area contributed by atoms with Crippen molar-refractivity contribution >= 4 is 5.91 Å². The third kappa shape index (κ3) is 2.92. The van der Waals surface area contributed by atoms with Crippen LogP contribution in [0.3, 0.4) is 0 Å². The zero-order valence-electron chi connectivity index (χ0n) is 9.80. The van der Waals surface area contributed by atoms with Crippen molar-refractivity contribution in [2.75, 3.05) is 13.1 Å². The summed E-state index contributed by atoms with van der Waals surface area (Å²) in [5.41, 5.74) is 6.44. The molecule has 2 rings (SSSR count).